The molecule has 3 atom stereocenters. The second kappa shape index (κ2) is 18.3. The molecule has 1 radical (unpaired) electrons. The molecule has 4 nitrogen and oxygen atoms in total. The number of carbonyl (C=O) groups excluding carboxylic acids is 2. The first kappa shape index (κ1) is 34.7. The Morgan fingerprint density at radius 3 is 1.81 bits per heavy atom. The molecule has 1 rings (SSSR count). The molecule has 1 aliphatic rings. The smallest absolute Gasteiger partial charge is 1.00 e. The molecule has 2 N–H and O–H groups in total. The van der Waals surface area contributed by atoms with E-state index in [1.54, 1.807) is 6.92 Å². The van der Waals surface area contributed by atoms with E-state index in [0.717, 1.165) is 11.8 Å². The molecule has 27 heavy (non-hydrogen) atoms. The molecule has 0 aromatic carbocycles. The van der Waals surface area contributed by atoms with Crippen molar-refractivity contribution in [2.45, 2.75) is 99.0 Å². The summed E-state index contributed by atoms with van der Waals surface area (Å²) in [5.74, 6) is 1.23. The molecule has 7 heteroatoms. The van der Waals surface area contributed by atoms with Crippen molar-refractivity contribution in [3.05, 3.63) is 5.73 Å². The summed E-state index contributed by atoms with van der Waals surface area (Å²) in [4.78, 5) is 21.1. The third-order valence-corrected chi connectivity index (χ3v) is 6.02. The average Bonchev–Trinajstić information content (AvgIpc) is 2.60. The average molecular weight is 458 g/mol. The maximum absolute atomic E-state index is 11.7. The molecule has 0 aromatic heterocycles. The van der Waals surface area contributed by atoms with E-state index in [0.29, 0.717) is 24.3 Å². The van der Waals surface area contributed by atoms with Crippen LogP contribution in [-0.2, 0) is 31.3 Å². The van der Waals surface area contributed by atoms with Crippen LogP contribution < -0.4 is 30.1 Å². The quantitative estimate of drug-likeness (QED) is 0.524. The van der Waals surface area contributed by atoms with Crippen molar-refractivity contribution in [1.29, 1.82) is 0 Å². The van der Waals surface area contributed by atoms with Crippen LogP contribution in [-0.4, -0.2) is 17.9 Å². The van der Waals surface area contributed by atoms with Gasteiger partial charge < -0.3 is 40.7 Å². The van der Waals surface area contributed by atoms with Crippen LogP contribution in [0, 0.1) is 17.3 Å². The van der Waals surface area contributed by atoms with E-state index in [-0.39, 0.29) is 52.4 Å². The molecule has 0 aliphatic heterocycles. The predicted octanol–water partition coefficient (Wildman–Crippen LogP) is -0.485. The number of halogens is 2. The van der Waals surface area contributed by atoms with E-state index >= 15 is 0 Å². The van der Waals surface area contributed by atoms with Crippen molar-refractivity contribution in [1.82, 2.24) is 5.32 Å². The zero-order valence-electron chi connectivity index (χ0n) is 18.0. The third-order valence-electron chi connectivity index (χ3n) is 6.02. The van der Waals surface area contributed by atoms with Crippen LogP contribution in [0.3, 0.4) is 0 Å². The number of hydrogen-bond acceptors (Lipinski definition) is 2. The minimum absolute atomic E-state index is 0. The number of carbonyl (C=O) groups is 2. The summed E-state index contributed by atoms with van der Waals surface area (Å²) in [5.41, 5.74) is 6.63. The van der Waals surface area contributed by atoms with Gasteiger partial charge in [0.1, 0.15) is 0 Å². The van der Waals surface area contributed by atoms with Crippen molar-refractivity contribution in [3.63, 3.8) is 0 Å². The molecule has 2 amide bonds. The van der Waals surface area contributed by atoms with Gasteiger partial charge in [-0.25, -0.2) is 0 Å². The molecule has 159 valence electrons. The second-order valence-corrected chi connectivity index (χ2v) is 7.34. The summed E-state index contributed by atoms with van der Waals surface area (Å²) < 4.78 is 0. The molecule has 3 unspecified atom stereocenters. The van der Waals surface area contributed by atoms with E-state index in [4.69, 9.17) is 5.73 Å². The van der Waals surface area contributed by atoms with Gasteiger partial charge in [-0.2, -0.15) is 0 Å². The van der Waals surface area contributed by atoms with Gasteiger partial charge in [-0.05, 0) is 42.9 Å². The van der Waals surface area contributed by atoms with Crippen LogP contribution in [0.4, 0.5) is 0 Å². The third kappa shape index (κ3) is 11.7. The Kier molecular flexibility index (Phi) is 23.5. The topological polar surface area (TPSA) is 70.0 Å². The fraction of sp³-hybridized carbons (Fsp3) is 0.900. The molecule has 0 saturated heterocycles. The van der Waals surface area contributed by atoms with Gasteiger partial charge in [0.2, 0.25) is 5.91 Å². The molecule has 0 spiro atoms. The van der Waals surface area contributed by atoms with Gasteiger partial charge in [0.25, 0.3) is 0 Å². The van der Waals surface area contributed by atoms with E-state index in [2.05, 4.69) is 33.0 Å². The number of rotatable bonds is 7. The normalized spacial score (nSPS) is 23.0. The standard InChI is InChI=1S/C17H33NO.C3H7NO.2ClH.Ti/c1-6-13(4)17(14(5)7-2)11-9-10-15(12-17)18-16(19)8-3;1-2-3(4)5;;;/h13-15H,6-12H2,1-5H3,(H,18,19);2H2,1H3,(H2,4,5);2*1H;/q;;;;+3/p-3. The van der Waals surface area contributed by atoms with Crippen molar-refractivity contribution in [2.75, 3.05) is 0 Å². The Bertz CT molecular complexity index is 388. The molecule has 1 fully saturated rings. The number of hydrogen-bond donors (Lipinski definition) is 1. The van der Waals surface area contributed by atoms with Crippen molar-refractivity contribution in [3.8, 4) is 0 Å². The van der Waals surface area contributed by atoms with Crippen LogP contribution in [0.1, 0.15) is 92.9 Å². The molecular formula is C20H39Cl2N2O2Ti. The first-order valence-electron chi connectivity index (χ1n) is 9.80. The maximum Gasteiger partial charge on any atom is 3.00 e. The van der Waals surface area contributed by atoms with Crippen LogP contribution in [0.2, 0.25) is 0 Å². The van der Waals surface area contributed by atoms with E-state index < -0.39 is 5.91 Å². The fourth-order valence-electron chi connectivity index (χ4n) is 3.99. The first-order chi connectivity index (χ1) is 11.3. The number of amides is 2. The van der Waals surface area contributed by atoms with Gasteiger partial charge >= 0.3 is 21.7 Å². The summed E-state index contributed by atoms with van der Waals surface area (Å²) in [6.45, 7) is 13.0. The summed E-state index contributed by atoms with van der Waals surface area (Å²) in [5, 5.41) is 3.24. The fourth-order valence-corrected chi connectivity index (χ4v) is 3.99. The van der Waals surface area contributed by atoms with Gasteiger partial charge in [-0.1, -0.05) is 60.8 Å². The molecule has 0 bridgehead atoms. The van der Waals surface area contributed by atoms with Crippen molar-refractivity contribution < 1.29 is 56.1 Å². The SMILES string of the molecule is CCC(=O)NC1CCCC(C(C)CC)(C(C)CC)C1.CCC([NH-])=O.[Cl-].[Cl-].[Ti+3]. The molecule has 1 saturated carbocycles. The molecule has 0 heterocycles. The Morgan fingerprint density at radius 2 is 1.48 bits per heavy atom. The van der Waals surface area contributed by atoms with E-state index in [1.165, 1.54) is 38.5 Å². The van der Waals surface area contributed by atoms with Crippen LogP contribution >= 0.6 is 0 Å². The van der Waals surface area contributed by atoms with Crippen molar-refractivity contribution in [2.24, 2.45) is 17.3 Å². The summed E-state index contributed by atoms with van der Waals surface area (Å²) >= 11 is 0. The van der Waals surface area contributed by atoms with Gasteiger partial charge in [0.15, 0.2) is 0 Å². The molecular weight excluding hydrogens is 419 g/mol. The van der Waals surface area contributed by atoms with Crippen LogP contribution in [0.5, 0.6) is 0 Å². The summed E-state index contributed by atoms with van der Waals surface area (Å²) in [6.07, 6.45) is 8.40. The zero-order chi connectivity index (χ0) is 18.8. The van der Waals surface area contributed by atoms with Crippen molar-refractivity contribution >= 4 is 11.8 Å². The predicted molar refractivity (Wildman–Crippen MR) is 102 cm³/mol. The van der Waals surface area contributed by atoms with Gasteiger partial charge in [-0.3, -0.25) is 4.79 Å². The van der Waals surface area contributed by atoms with E-state index in [9.17, 15) is 9.59 Å². The van der Waals surface area contributed by atoms with Crippen LogP contribution in [0.15, 0.2) is 0 Å². The summed E-state index contributed by atoms with van der Waals surface area (Å²) in [6, 6.07) is 0.407. The van der Waals surface area contributed by atoms with Gasteiger partial charge in [-0.15, -0.1) is 0 Å². The zero-order valence-corrected chi connectivity index (χ0v) is 21.0. The first-order valence-corrected chi connectivity index (χ1v) is 9.80. The van der Waals surface area contributed by atoms with Gasteiger partial charge in [0, 0.05) is 18.4 Å². The Labute approximate surface area is 194 Å². The van der Waals surface area contributed by atoms with E-state index in [1.807, 2.05) is 6.92 Å². The molecule has 1 aliphatic carbocycles. The minimum Gasteiger partial charge on any atom is -1.00 e. The Morgan fingerprint density at radius 1 is 1.04 bits per heavy atom. The second-order valence-electron chi connectivity index (χ2n) is 7.34. The monoisotopic (exact) mass is 457 g/mol. The maximum atomic E-state index is 11.7. The minimum atomic E-state index is -0.495. The summed E-state index contributed by atoms with van der Waals surface area (Å²) in [7, 11) is 0. The largest absolute Gasteiger partial charge is 3.00 e. The van der Waals surface area contributed by atoms with Crippen LogP contribution in [0.25, 0.3) is 5.73 Å². The Balaban J connectivity index is -0.000000294. The van der Waals surface area contributed by atoms with Gasteiger partial charge in [0.05, 0.1) is 0 Å². The molecule has 0 aromatic rings. The number of nitrogens with one attached hydrogen (secondary N) is 2. The Hall–Kier alpha value is 0.234.